The van der Waals surface area contributed by atoms with Crippen LogP contribution in [-0.4, -0.2) is 56.0 Å². The minimum atomic E-state index is -4.52. The van der Waals surface area contributed by atoms with Crippen LogP contribution in [0.25, 0.3) is 11.3 Å². The summed E-state index contributed by atoms with van der Waals surface area (Å²) >= 11 is 0. The molecule has 0 atom stereocenters. The predicted octanol–water partition coefficient (Wildman–Crippen LogP) is 3.68. The molecule has 11 heteroatoms. The van der Waals surface area contributed by atoms with Gasteiger partial charge in [-0.2, -0.15) is 17.5 Å². The Hall–Kier alpha value is -3.18. The van der Waals surface area contributed by atoms with Gasteiger partial charge in [-0.15, -0.1) is 0 Å². The van der Waals surface area contributed by atoms with Crippen molar-refractivity contribution in [1.29, 1.82) is 0 Å². The smallest absolute Gasteiger partial charge is 0.416 e. The number of methoxy groups -OCH3 is 1. The summed E-state index contributed by atoms with van der Waals surface area (Å²) in [4.78, 5) is 10.4. The van der Waals surface area contributed by atoms with E-state index in [-0.39, 0.29) is 18.0 Å². The highest BCUT2D eigenvalue weighted by Gasteiger charge is 2.32. The van der Waals surface area contributed by atoms with E-state index in [1.54, 1.807) is 7.11 Å². The predicted molar refractivity (Wildman–Crippen MR) is 116 cm³/mol. The van der Waals surface area contributed by atoms with Gasteiger partial charge in [0, 0.05) is 37.8 Å². The Labute approximate surface area is 189 Å². The Morgan fingerprint density at radius 1 is 0.909 bits per heavy atom. The molecule has 0 unspecified atom stereocenters. The van der Waals surface area contributed by atoms with Gasteiger partial charge in [-0.1, -0.05) is 0 Å². The highest BCUT2D eigenvalue weighted by Crippen LogP contribution is 2.30. The highest BCUT2D eigenvalue weighted by atomic mass is 32.2. The lowest BCUT2D eigenvalue weighted by Gasteiger charge is -2.34. The summed E-state index contributed by atoms with van der Waals surface area (Å²) in [6.07, 6.45) is -3.06. The lowest BCUT2D eigenvalue weighted by Crippen LogP contribution is -2.48. The largest absolute Gasteiger partial charge is 0.497 e. The van der Waals surface area contributed by atoms with E-state index in [0.717, 1.165) is 41.3 Å². The van der Waals surface area contributed by atoms with Crippen LogP contribution < -0.4 is 9.64 Å². The van der Waals surface area contributed by atoms with Gasteiger partial charge in [0.1, 0.15) is 17.9 Å². The third-order valence-corrected chi connectivity index (χ3v) is 7.33. The molecule has 0 N–H and O–H groups in total. The third kappa shape index (κ3) is 4.93. The van der Waals surface area contributed by atoms with E-state index in [1.165, 1.54) is 10.6 Å². The molecule has 7 nitrogen and oxygen atoms in total. The first-order valence-corrected chi connectivity index (χ1v) is 11.5. The standard InChI is InChI=1S/C22H21F3N4O3S/c1-32-18-6-2-16(3-7-18)20-14-21(27-15-26-20)28-10-12-29(13-11-28)33(30,31)19-8-4-17(5-9-19)22(23,24)25/h2-9,14-15H,10-13H2,1H3. The first-order chi connectivity index (χ1) is 15.7. The molecule has 1 saturated heterocycles. The number of aromatic nitrogens is 2. The number of nitrogens with zero attached hydrogens (tertiary/aromatic N) is 4. The zero-order chi connectivity index (χ0) is 23.6. The van der Waals surface area contributed by atoms with Crippen molar-refractivity contribution in [2.24, 2.45) is 0 Å². The van der Waals surface area contributed by atoms with Gasteiger partial charge in [-0.3, -0.25) is 0 Å². The van der Waals surface area contributed by atoms with Crippen molar-refractivity contribution >= 4 is 15.8 Å². The van der Waals surface area contributed by atoms with Crippen LogP contribution in [0, 0.1) is 0 Å². The molecule has 0 radical (unpaired) electrons. The highest BCUT2D eigenvalue weighted by molar-refractivity contribution is 7.89. The Balaban J connectivity index is 1.45. The van der Waals surface area contributed by atoms with E-state index in [4.69, 9.17) is 4.74 Å². The van der Waals surface area contributed by atoms with Gasteiger partial charge in [0.25, 0.3) is 0 Å². The number of sulfonamides is 1. The topological polar surface area (TPSA) is 75.6 Å². The molecule has 2 heterocycles. The fourth-order valence-electron chi connectivity index (χ4n) is 3.56. The zero-order valence-corrected chi connectivity index (χ0v) is 18.5. The number of piperazine rings is 1. The SMILES string of the molecule is COc1ccc(-c2cc(N3CCN(S(=O)(=O)c4ccc(C(F)(F)F)cc4)CC3)ncn2)cc1. The van der Waals surface area contributed by atoms with E-state index in [9.17, 15) is 21.6 Å². The summed E-state index contributed by atoms with van der Waals surface area (Å²) in [5, 5.41) is 0. The maximum absolute atomic E-state index is 12.9. The molecule has 0 amide bonds. The van der Waals surface area contributed by atoms with Crippen molar-refractivity contribution in [2.45, 2.75) is 11.1 Å². The molecule has 1 aliphatic rings. The zero-order valence-electron chi connectivity index (χ0n) is 17.7. The van der Waals surface area contributed by atoms with E-state index < -0.39 is 21.8 Å². The Bertz CT molecular complexity index is 1210. The molecule has 0 saturated carbocycles. The second-order valence-corrected chi connectivity index (χ2v) is 9.34. The first-order valence-electron chi connectivity index (χ1n) is 10.1. The van der Waals surface area contributed by atoms with Gasteiger partial charge in [-0.25, -0.2) is 18.4 Å². The maximum atomic E-state index is 12.9. The summed E-state index contributed by atoms with van der Waals surface area (Å²) in [6, 6.07) is 12.8. The number of anilines is 1. The number of benzene rings is 2. The lowest BCUT2D eigenvalue weighted by atomic mass is 10.1. The monoisotopic (exact) mass is 478 g/mol. The second kappa shape index (κ2) is 8.99. The normalized spacial score (nSPS) is 15.5. The molecule has 2 aromatic carbocycles. The molecular weight excluding hydrogens is 457 g/mol. The number of hydrogen-bond donors (Lipinski definition) is 0. The molecule has 3 aromatic rings. The molecular formula is C22H21F3N4O3S. The summed E-state index contributed by atoms with van der Waals surface area (Å²) in [6.45, 7) is 1.15. The van der Waals surface area contributed by atoms with Crippen molar-refractivity contribution < 1.29 is 26.3 Å². The van der Waals surface area contributed by atoms with Crippen LogP contribution in [0.4, 0.5) is 19.0 Å². The number of ether oxygens (including phenoxy) is 1. The van der Waals surface area contributed by atoms with E-state index >= 15 is 0 Å². The van der Waals surface area contributed by atoms with Gasteiger partial charge in [0.15, 0.2) is 0 Å². The maximum Gasteiger partial charge on any atom is 0.416 e. The number of rotatable bonds is 5. The summed E-state index contributed by atoms with van der Waals surface area (Å²) in [5.74, 6) is 1.40. The van der Waals surface area contributed by atoms with Crippen molar-refractivity contribution in [1.82, 2.24) is 14.3 Å². The summed E-state index contributed by atoms with van der Waals surface area (Å²) in [5.41, 5.74) is 0.730. The molecule has 0 aliphatic carbocycles. The van der Waals surface area contributed by atoms with E-state index in [1.807, 2.05) is 35.2 Å². The summed E-state index contributed by atoms with van der Waals surface area (Å²) < 4.78 is 70.5. The fraction of sp³-hybridized carbons (Fsp3) is 0.273. The molecule has 0 spiro atoms. The van der Waals surface area contributed by atoms with Crippen LogP contribution in [0.5, 0.6) is 5.75 Å². The van der Waals surface area contributed by atoms with E-state index in [2.05, 4.69) is 9.97 Å². The van der Waals surface area contributed by atoms with Gasteiger partial charge in [-0.05, 0) is 48.5 Å². The molecule has 1 fully saturated rings. The van der Waals surface area contributed by atoms with E-state index in [0.29, 0.717) is 18.9 Å². The van der Waals surface area contributed by atoms with Gasteiger partial charge in [0.2, 0.25) is 10.0 Å². The summed E-state index contributed by atoms with van der Waals surface area (Å²) in [7, 11) is -2.30. The molecule has 1 aromatic heterocycles. The molecule has 174 valence electrons. The van der Waals surface area contributed by atoms with Crippen LogP contribution in [0.2, 0.25) is 0 Å². The Morgan fingerprint density at radius 2 is 1.55 bits per heavy atom. The third-order valence-electron chi connectivity index (χ3n) is 5.42. The van der Waals surface area contributed by atoms with Gasteiger partial charge < -0.3 is 9.64 Å². The van der Waals surface area contributed by atoms with Crippen LogP contribution in [-0.2, 0) is 16.2 Å². The van der Waals surface area contributed by atoms with Crippen LogP contribution in [0.3, 0.4) is 0 Å². The van der Waals surface area contributed by atoms with Crippen molar-refractivity contribution in [2.75, 3.05) is 38.2 Å². The Kier molecular flexibility index (Phi) is 6.26. The quantitative estimate of drug-likeness (QED) is 0.557. The van der Waals surface area contributed by atoms with Crippen LogP contribution in [0.1, 0.15) is 5.56 Å². The molecule has 1 aliphatic heterocycles. The van der Waals surface area contributed by atoms with Crippen LogP contribution >= 0.6 is 0 Å². The number of alkyl halides is 3. The molecule has 0 bridgehead atoms. The molecule has 4 rings (SSSR count). The second-order valence-electron chi connectivity index (χ2n) is 7.40. The minimum absolute atomic E-state index is 0.159. The van der Waals surface area contributed by atoms with Gasteiger partial charge in [0.05, 0.1) is 23.3 Å². The average molecular weight is 478 g/mol. The van der Waals surface area contributed by atoms with Crippen molar-refractivity contribution in [3.8, 4) is 17.0 Å². The lowest BCUT2D eigenvalue weighted by molar-refractivity contribution is -0.137. The fourth-order valence-corrected chi connectivity index (χ4v) is 4.98. The van der Waals surface area contributed by atoms with Crippen LogP contribution in [0.15, 0.2) is 65.8 Å². The first kappa shape index (κ1) is 23.0. The Morgan fingerprint density at radius 3 is 2.12 bits per heavy atom. The average Bonchev–Trinajstić information content (AvgIpc) is 2.84. The number of hydrogen-bond acceptors (Lipinski definition) is 6. The van der Waals surface area contributed by atoms with Crippen molar-refractivity contribution in [3.05, 3.63) is 66.5 Å². The minimum Gasteiger partial charge on any atom is -0.497 e. The van der Waals surface area contributed by atoms with Crippen molar-refractivity contribution in [3.63, 3.8) is 0 Å². The number of halogens is 3. The molecule has 33 heavy (non-hydrogen) atoms. The van der Waals surface area contributed by atoms with Gasteiger partial charge >= 0.3 is 6.18 Å².